The van der Waals surface area contributed by atoms with E-state index >= 15 is 0 Å². The van der Waals surface area contributed by atoms with E-state index in [1.54, 1.807) is 24.9 Å². The van der Waals surface area contributed by atoms with Crippen molar-refractivity contribution >= 4 is 17.4 Å². The maximum atomic E-state index is 12.5. The van der Waals surface area contributed by atoms with Crippen molar-refractivity contribution in [2.75, 3.05) is 31.1 Å². The predicted molar refractivity (Wildman–Crippen MR) is 91.4 cm³/mol. The van der Waals surface area contributed by atoms with Gasteiger partial charge in [-0.2, -0.15) is 5.10 Å². The number of rotatable bonds is 4. The number of amides is 1. The summed E-state index contributed by atoms with van der Waals surface area (Å²) in [6.07, 6.45) is 1.75. The Morgan fingerprint density at radius 2 is 1.96 bits per heavy atom. The third kappa shape index (κ3) is 3.44. The van der Waals surface area contributed by atoms with Gasteiger partial charge in [0, 0.05) is 32.4 Å². The number of carbonyl (C=O) groups excluding carboxylic acids is 1. The van der Waals surface area contributed by atoms with Crippen LogP contribution >= 0.6 is 0 Å². The van der Waals surface area contributed by atoms with Crippen LogP contribution in [0.15, 0.2) is 24.4 Å². The van der Waals surface area contributed by atoms with Gasteiger partial charge in [-0.05, 0) is 26.0 Å². The lowest BCUT2D eigenvalue weighted by atomic mass is 10.3. The van der Waals surface area contributed by atoms with Crippen molar-refractivity contribution < 1.29 is 9.72 Å². The molecule has 1 aliphatic rings. The minimum atomic E-state index is -0.454. The standard InChI is InChI=1S/C16H20N6O3/c1-12-16(22(24)25)13(2)21(18-12)11-15(23)20-9-7-19(8-10-20)14-5-3-4-6-17-14/h3-6H,7-11H2,1-2H3. The molecule has 0 atom stereocenters. The number of aromatic nitrogens is 3. The summed E-state index contributed by atoms with van der Waals surface area (Å²) in [5.41, 5.74) is 0.714. The van der Waals surface area contributed by atoms with Gasteiger partial charge in [0.2, 0.25) is 5.91 Å². The van der Waals surface area contributed by atoms with Gasteiger partial charge < -0.3 is 9.80 Å². The zero-order valence-electron chi connectivity index (χ0n) is 14.3. The van der Waals surface area contributed by atoms with Gasteiger partial charge in [0.25, 0.3) is 0 Å². The highest BCUT2D eigenvalue weighted by Crippen LogP contribution is 2.22. The smallest absolute Gasteiger partial charge is 0.312 e. The van der Waals surface area contributed by atoms with Crippen molar-refractivity contribution in [1.82, 2.24) is 19.7 Å². The summed E-state index contributed by atoms with van der Waals surface area (Å²) in [6.45, 7) is 5.82. The maximum absolute atomic E-state index is 12.5. The van der Waals surface area contributed by atoms with E-state index in [0.717, 1.165) is 5.82 Å². The van der Waals surface area contributed by atoms with Crippen molar-refractivity contribution in [2.24, 2.45) is 0 Å². The van der Waals surface area contributed by atoms with E-state index in [4.69, 9.17) is 0 Å². The molecule has 3 rings (SSSR count). The summed E-state index contributed by atoms with van der Waals surface area (Å²) in [5.74, 6) is 0.824. The van der Waals surface area contributed by atoms with E-state index in [9.17, 15) is 14.9 Å². The second kappa shape index (κ2) is 6.88. The molecule has 0 radical (unpaired) electrons. The average molecular weight is 344 g/mol. The monoisotopic (exact) mass is 344 g/mol. The molecule has 0 spiro atoms. The van der Waals surface area contributed by atoms with Crippen LogP contribution in [0.4, 0.5) is 11.5 Å². The third-order valence-electron chi connectivity index (χ3n) is 4.42. The first-order valence-corrected chi connectivity index (χ1v) is 8.09. The maximum Gasteiger partial charge on any atom is 0.312 e. The lowest BCUT2D eigenvalue weighted by molar-refractivity contribution is -0.386. The fourth-order valence-electron chi connectivity index (χ4n) is 3.06. The molecule has 0 unspecified atom stereocenters. The molecular formula is C16H20N6O3. The van der Waals surface area contributed by atoms with Crippen LogP contribution in [0, 0.1) is 24.0 Å². The molecule has 0 aliphatic carbocycles. The van der Waals surface area contributed by atoms with Crippen LogP contribution in [-0.2, 0) is 11.3 Å². The Hall–Kier alpha value is -2.97. The predicted octanol–water partition coefficient (Wildman–Crippen LogP) is 1.15. The van der Waals surface area contributed by atoms with Crippen LogP contribution < -0.4 is 4.90 Å². The van der Waals surface area contributed by atoms with Crippen LogP contribution in [0.1, 0.15) is 11.4 Å². The molecule has 0 aromatic carbocycles. The number of nitro groups is 1. The Bertz CT molecular complexity index is 781. The summed E-state index contributed by atoms with van der Waals surface area (Å²) in [6, 6.07) is 5.76. The second-order valence-corrected chi connectivity index (χ2v) is 5.99. The van der Waals surface area contributed by atoms with Crippen LogP contribution in [0.5, 0.6) is 0 Å². The second-order valence-electron chi connectivity index (χ2n) is 5.99. The van der Waals surface area contributed by atoms with Gasteiger partial charge in [-0.25, -0.2) is 4.98 Å². The summed E-state index contributed by atoms with van der Waals surface area (Å²) < 4.78 is 1.42. The van der Waals surface area contributed by atoms with Gasteiger partial charge in [-0.15, -0.1) is 0 Å². The van der Waals surface area contributed by atoms with Gasteiger partial charge >= 0.3 is 5.69 Å². The minimum Gasteiger partial charge on any atom is -0.353 e. The van der Waals surface area contributed by atoms with Crippen LogP contribution in [0.25, 0.3) is 0 Å². The van der Waals surface area contributed by atoms with E-state index in [-0.39, 0.29) is 18.1 Å². The van der Waals surface area contributed by atoms with Crippen LogP contribution in [0.2, 0.25) is 0 Å². The fourth-order valence-corrected chi connectivity index (χ4v) is 3.06. The quantitative estimate of drug-likeness (QED) is 0.610. The molecule has 1 fully saturated rings. The van der Waals surface area contributed by atoms with Crippen molar-refractivity contribution in [3.63, 3.8) is 0 Å². The number of hydrogen-bond acceptors (Lipinski definition) is 6. The van der Waals surface area contributed by atoms with Gasteiger partial charge in [0.05, 0.1) is 4.92 Å². The Balaban J connectivity index is 1.62. The topological polar surface area (TPSA) is 97.4 Å². The molecule has 2 aromatic heterocycles. The normalized spacial score (nSPS) is 14.6. The van der Waals surface area contributed by atoms with Gasteiger partial charge in [-0.3, -0.25) is 19.6 Å². The zero-order chi connectivity index (χ0) is 18.0. The molecule has 25 heavy (non-hydrogen) atoms. The molecule has 1 saturated heterocycles. The lowest BCUT2D eigenvalue weighted by Crippen LogP contribution is -2.50. The number of nitrogens with zero attached hydrogens (tertiary/aromatic N) is 6. The highest BCUT2D eigenvalue weighted by molar-refractivity contribution is 5.76. The van der Waals surface area contributed by atoms with Gasteiger partial charge in [0.1, 0.15) is 23.8 Å². The molecule has 0 N–H and O–H groups in total. The number of hydrogen-bond donors (Lipinski definition) is 0. The molecule has 9 heteroatoms. The number of pyridine rings is 1. The Morgan fingerprint density at radius 1 is 1.24 bits per heavy atom. The lowest BCUT2D eigenvalue weighted by Gasteiger charge is -2.35. The van der Waals surface area contributed by atoms with Gasteiger partial charge in [-0.1, -0.05) is 6.07 Å². The zero-order valence-corrected chi connectivity index (χ0v) is 14.3. The van der Waals surface area contributed by atoms with Gasteiger partial charge in [0.15, 0.2) is 0 Å². The molecule has 1 aliphatic heterocycles. The first-order valence-electron chi connectivity index (χ1n) is 8.09. The van der Waals surface area contributed by atoms with Crippen LogP contribution in [0.3, 0.4) is 0 Å². The van der Waals surface area contributed by atoms with Crippen LogP contribution in [-0.4, -0.2) is 56.7 Å². The largest absolute Gasteiger partial charge is 0.353 e. The number of anilines is 1. The average Bonchev–Trinajstić information content (AvgIpc) is 2.89. The molecule has 2 aromatic rings. The van der Waals surface area contributed by atoms with E-state index in [2.05, 4.69) is 15.0 Å². The van der Waals surface area contributed by atoms with Crippen molar-refractivity contribution in [3.8, 4) is 0 Å². The third-order valence-corrected chi connectivity index (χ3v) is 4.42. The molecule has 3 heterocycles. The van der Waals surface area contributed by atoms with E-state index in [1.165, 1.54) is 4.68 Å². The van der Waals surface area contributed by atoms with Crippen molar-refractivity contribution in [2.45, 2.75) is 20.4 Å². The minimum absolute atomic E-state index is 0.0180. The summed E-state index contributed by atoms with van der Waals surface area (Å²) >= 11 is 0. The molecule has 0 bridgehead atoms. The Labute approximate surface area is 145 Å². The SMILES string of the molecule is Cc1nn(CC(=O)N2CCN(c3ccccn3)CC2)c(C)c1[N+](=O)[O-]. The number of aryl methyl sites for hydroxylation is 1. The number of piperazine rings is 1. The summed E-state index contributed by atoms with van der Waals surface area (Å²) in [7, 11) is 0. The summed E-state index contributed by atoms with van der Waals surface area (Å²) in [5, 5.41) is 15.2. The van der Waals surface area contributed by atoms with Crippen molar-refractivity contribution in [3.05, 3.63) is 45.9 Å². The molecule has 9 nitrogen and oxygen atoms in total. The number of carbonyl (C=O) groups is 1. The highest BCUT2D eigenvalue weighted by Gasteiger charge is 2.26. The molecular weight excluding hydrogens is 324 g/mol. The highest BCUT2D eigenvalue weighted by atomic mass is 16.6. The van der Waals surface area contributed by atoms with E-state index in [0.29, 0.717) is 37.6 Å². The molecule has 132 valence electrons. The molecule has 1 amide bonds. The molecule has 0 saturated carbocycles. The van der Waals surface area contributed by atoms with E-state index < -0.39 is 4.92 Å². The fraction of sp³-hybridized carbons (Fsp3) is 0.438. The van der Waals surface area contributed by atoms with Crippen molar-refractivity contribution in [1.29, 1.82) is 0 Å². The Morgan fingerprint density at radius 3 is 2.52 bits per heavy atom. The van der Waals surface area contributed by atoms with E-state index in [1.807, 2.05) is 18.2 Å². The first-order chi connectivity index (χ1) is 12.0. The summed E-state index contributed by atoms with van der Waals surface area (Å²) in [4.78, 5) is 31.3. The Kier molecular flexibility index (Phi) is 4.64. The first kappa shape index (κ1) is 16.9.